The van der Waals surface area contributed by atoms with Gasteiger partial charge in [0, 0.05) is 12.6 Å². The van der Waals surface area contributed by atoms with E-state index < -0.39 is 5.97 Å². The van der Waals surface area contributed by atoms with Crippen molar-refractivity contribution in [1.29, 1.82) is 0 Å². The number of carbonyl (C=O) groups is 2. The fourth-order valence-corrected chi connectivity index (χ4v) is 2.38. The number of rotatable bonds is 7. The summed E-state index contributed by atoms with van der Waals surface area (Å²) in [6, 6.07) is 16.4. The number of nitrogens with one attached hydrogen (secondary N) is 2. The standard InChI is InChI=1S/C19H22N2O3/c1-2-17(12-14-6-4-3-5-7-14)21-19(24)20-13-15-8-10-16(11-9-15)18(22)23/h3-11,17H,2,12-13H2,1H3,(H,22,23)(H2,20,21,24). The Labute approximate surface area is 141 Å². The molecule has 0 saturated carbocycles. The van der Waals surface area contributed by atoms with Gasteiger partial charge in [-0.05, 0) is 36.1 Å². The molecule has 24 heavy (non-hydrogen) atoms. The summed E-state index contributed by atoms with van der Waals surface area (Å²) in [6.45, 7) is 2.39. The van der Waals surface area contributed by atoms with Gasteiger partial charge in [-0.15, -0.1) is 0 Å². The van der Waals surface area contributed by atoms with Gasteiger partial charge in [0.25, 0.3) is 0 Å². The Morgan fingerprint density at radius 1 is 1.00 bits per heavy atom. The maximum atomic E-state index is 12.0. The second kappa shape index (κ2) is 8.72. The summed E-state index contributed by atoms with van der Waals surface area (Å²) in [5, 5.41) is 14.6. The van der Waals surface area contributed by atoms with E-state index in [-0.39, 0.29) is 17.6 Å². The van der Waals surface area contributed by atoms with Crippen LogP contribution >= 0.6 is 0 Å². The van der Waals surface area contributed by atoms with Gasteiger partial charge in [0.05, 0.1) is 5.56 Å². The van der Waals surface area contributed by atoms with E-state index in [1.165, 1.54) is 17.7 Å². The Morgan fingerprint density at radius 3 is 2.25 bits per heavy atom. The Kier molecular flexibility index (Phi) is 6.37. The predicted octanol–water partition coefficient (Wildman–Crippen LogP) is 3.21. The molecule has 0 aromatic heterocycles. The molecule has 2 rings (SSSR count). The average molecular weight is 326 g/mol. The highest BCUT2D eigenvalue weighted by Gasteiger charge is 2.11. The van der Waals surface area contributed by atoms with Crippen molar-refractivity contribution in [2.45, 2.75) is 32.4 Å². The molecule has 0 saturated heterocycles. The molecule has 0 spiro atoms. The molecule has 5 heteroatoms. The van der Waals surface area contributed by atoms with Crippen molar-refractivity contribution in [3.8, 4) is 0 Å². The maximum absolute atomic E-state index is 12.0. The molecule has 0 bridgehead atoms. The van der Waals surface area contributed by atoms with Gasteiger partial charge in [0.2, 0.25) is 0 Å². The van der Waals surface area contributed by atoms with Crippen molar-refractivity contribution in [1.82, 2.24) is 10.6 Å². The quantitative estimate of drug-likeness (QED) is 0.731. The van der Waals surface area contributed by atoms with Gasteiger partial charge in [0.1, 0.15) is 0 Å². The normalized spacial score (nSPS) is 11.5. The third-order valence-corrected chi connectivity index (χ3v) is 3.81. The second-order valence-electron chi connectivity index (χ2n) is 5.62. The number of amides is 2. The zero-order valence-corrected chi connectivity index (χ0v) is 13.7. The van der Waals surface area contributed by atoms with Crippen LogP contribution in [-0.4, -0.2) is 23.1 Å². The number of aromatic carboxylic acids is 1. The molecule has 1 unspecified atom stereocenters. The molecule has 0 fully saturated rings. The molecule has 2 aromatic rings. The van der Waals surface area contributed by atoms with E-state index in [0.29, 0.717) is 6.54 Å². The minimum atomic E-state index is -0.959. The Balaban J connectivity index is 1.82. The van der Waals surface area contributed by atoms with Gasteiger partial charge >= 0.3 is 12.0 Å². The lowest BCUT2D eigenvalue weighted by atomic mass is 10.0. The fraction of sp³-hybridized carbons (Fsp3) is 0.263. The van der Waals surface area contributed by atoms with Crippen LogP contribution in [0.4, 0.5) is 4.79 Å². The Morgan fingerprint density at radius 2 is 1.67 bits per heavy atom. The molecule has 3 N–H and O–H groups in total. The summed E-state index contributed by atoms with van der Waals surface area (Å²) < 4.78 is 0. The molecule has 1 atom stereocenters. The van der Waals surface area contributed by atoms with E-state index >= 15 is 0 Å². The number of benzene rings is 2. The summed E-state index contributed by atoms with van der Waals surface area (Å²) in [5.41, 5.74) is 2.28. The van der Waals surface area contributed by atoms with Gasteiger partial charge in [-0.25, -0.2) is 9.59 Å². The first-order valence-corrected chi connectivity index (χ1v) is 7.99. The van der Waals surface area contributed by atoms with Crippen LogP contribution in [0.2, 0.25) is 0 Å². The average Bonchev–Trinajstić information content (AvgIpc) is 2.60. The molecule has 0 aliphatic carbocycles. The highest BCUT2D eigenvalue weighted by molar-refractivity contribution is 5.87. The first-order valence-electron chi connectivity index (χ1n) is 7.99. The number of urea groups is 1. The van der Waals surface area contributed by atoms with Crippen LogP contribution in [0.5, 0.6) is 0 Å². The molecule has 126 valence electrons. The Bertz CT molecular complexity index is 669. The van der Waals surface area contributed by atoms with Crippen molar-refractivity contribution >= 4 is 12.0 Å². The summed E-state index contributed by atoms with van der Waals surface area (Å²) in [4.78, 5) is 22.8. The highest BCUT2D eigenvalue weighted by atomic mass is 16.4. The van der Waals surface area contributed by atoms with Gasteiger partial charge in [0.15, 0.2) is 0 Å². The molecule has 0 aliphatic heterocycles. The van der Waals surface area contributed by atoms with Crippen molar-refractivity contribution in [3.63, 3.8) is 0 Å². The van der Waals surface area contributed by atoms with E-state index in [1.54, 1.807) is 12.1 Å². The van der Waals surface area contributed by atoms with Crippen molar-refractivity contribution in [2.75, 3.05) is 0 Å². The number of carbonyl (C=O) groups excluding carboxylic acids is 1. The van der Waals surface area contributed by atoms with Crippen LogP contribution in [0.15, 0.2) is 54.6 Å². The lowest BCUT2D eigenvalue weighted by molar-refractivity contribution is 0.0697. The van der Waals surface area contributed by atoms with Gasteiger partial charge in [-0.3, -0.25) is 0 Å². The lowest BCUT2D eigenvalue weighted by Crippen LogP contribution is -2.42. The first-order chi connectivity index (χ1) is 11.6. The molecule has 0 heterocycles. The maximum Gasteiger partial charge on any atom is 0.335 e. The van der Waals surface area contributed by atoms with E-state index in [0.717, 1.165) is 18.4 Å². The summed E-state index contributed by atoms with van der Waals surface area (Å²) in [7, 11) is 0. The molecular weight excluding hydrogens is 304 g/mol. The SMILES string of the molecule is CCC(Cc1ccccc1)NC(=O)NCc1ccc(C(=O)O)cc1. The van der Waals surface area contributed by atoms with Gasteiger partial charge in [-0.2, -0.15) is 0 Å². The molecule has 5 nitrogen and oxygen atoms in total. The van der Waals surface area contributed by atoms with Crippen molar-refractivity contribution in [2.24, 2.45) is 0 Å². The summed E-state index contributed by atoms with van der Waals surface area (Å²) in [5.74, 6) is -0.959. The van der Waals surface area contributed by atoms with Crippen LogP contribution in [0.3, 0.4) is 0 Å². The predicted molar refractivity (Wildman–Crippen MR) is 93.0 cm³/mol. The first kappa shape index (κ1) is 17.5. The third kappa shape index (κ3) is 5.43. The largest absolute Gasteiger partial charge is 0.478 e. The van der Waals surface area contributed by atoms with Crippen molar-refractivity contribution < 1.29 is 14.7 Å². The highest BCUT2D eigenvalue weighted by Crippen LogP contribution is 2.06. The lowest BCUT2D eigenvalue weighted by Gasteiger charge is -2.17. The van der Waals surface area contributed by atoms with Crippen LogP contribution in [-0.2, 0) is 13.0 Å². The van der Waals surface area contributed by atoms with E-state index in [1.807, 2.05) is 37.3 Å². The molecule has 0 radical (unpaired) electrons. The van der Waals surface area contributed by atoms with Crippen LogP contribution in [0.1, 0.15) is 34.8 Å². The van der Waals surface area contributed by atoms with Crippen molar-refractivity contribution in [3.05, 3.63) is 71.3 Å². The number of hydrogen-bond acceptors (Lipinski definition) is 2. The molecule has 0 aliphatic rings. The van der Waals surface area contributed by atoms with E-state index in [4.69, 9.17) is 5.11 Å². The molecule has 2 aromatic carbocycles. The minimum absolute atomic E-state index is 0.0711. The topological polar surface area (TPSA) is 78.4 Å². The monoisotopic (exact) mass is 326 g/mol. The zero-order chi connectivity index (χ0) is 17.4. The Hall–Kier alpha value is -2.82. The van der Waals surface area contributed by atoms with Crippen LogP contribution in [0, 0.1) is 0 Å². The van der Waals surface area contributed by atoms with Gasteiger partial charge in [-0.1, -0.05) is 49.4 Å². The number of carboxylic acid groups (broad SMARTS) is 1. The molecular formula is C19H22N2O3. The third-order valence-electron chi connectivity index (χ3n) is 3.81. The zero-order valence-electron chi connectivity index (χ0n) is 13.7. The smallest absolute Gasteiger partial charge is 0.335 e. The number of hydrogen-bond donors (Lipinski definition) is 3. The number of carboxylic acids is 1. The van der Waals surface area contributed by atoms with E-state index in [2.05, 4.69) is 10.6 Å². The summed E-state index contributed by atoms with van der Waals surface area (Å²) >= 11 is 0. The molecule has 2 amide bonds. The van der Waals surface area contributed by atoms with Gasteiger partial charge < -0.3 is 15.7 Å². The van der Waals surface area contributed by atoms with Crippen LogP contribution < -0.4 is 10.6 Å². The van der Waals surface area contributed by atoms with E-state index in [9.17, 15) is 9.59 Å². The van der Waals surface area contributed by atoms with Crippen LogP contribution in [0.25, 0.3) is 0 Å². The summed E-state index contributed by atoms with van der Waals surface area (Å²) in [6.07, 6.45) is 1.63. The second-order valence-corrected chi connectivity index (χ2v) is 5.62. The minimum Gasteiger partial charge on any atom is -0.478 e. The fourth-order valence-electron chi connectivity index (χ4n) is 2.38.